The van der Waals surface area contributed by atoms with Crippen molar-refractivity contribution >= 4 is 0 Å². The van der Waals surface area contributed by atoms with Crippen LogP contribution in [0.25, 0.3) is 0 Å². The highest BCUT2D eigenvalue weighted by molar-refractivity contribution is 5.16. The predicted molar refractivity (Wildman–Crippen MR) is 85.6 cm³/mol. The second-order valence-electron chi connectivity index (χ2n) is 6.62. The van der Waals surface area contributed by atoms with Crippen LogP contribution in [0.2, 0.25) is 0 Å². The molecule has 5 heteroatoms. The van der Waals surface area contributed by atoms with E-state index in [0.29, 0.717) is 32.3 Å². The maximum atomic E-state index is 13.3. The lowest BCUT2D eigenvalue weighted by atomic mass is 10.2. The molecule has 1 aliphatic carbocycles. The second-order valence-corrected chi connectivity index (χ2v) is 6.62. The molecule has 1 aromatic carbocycles. The predicted octanol–water partition coefficient (Wildman–Crippen LogP) is 2.35. The standard InChI is InChI=1S/C18H26FNO3/c19-15-4-1-3-14(9-15)10-20(16-6-7-16)11-17(21)12-22-13-18-5-2-8-23-18/h1,3-4,9,16-18,21H,2,5-8,10-13H2. The van der Waals surface area contributed by atoms with E-state index in [2.05, 4.69) is 4.90 Å². The Balaban J connectivity index is 1.43. The highest BCUT2D eigenvalue weighted by Gasteiger charge is 2.30. The summed E-state index contributed by atoms with van der Waals surface area (Å²) < 4.78 is 24.4. The van der Waals surface area contributed by atoms with E-state index < -0.39 is 6.10 Å². The Morgan fingerprint density at radius 3 is 2.91 bits per heavy atom. The molecular formula is C18H26FNO3. The lowest BCUT2D eigenvalue weighted by Crippen LogP contribution is -2.36. The molecule has 2 fully saturated rings. The van der Waals surface area contributed by atoms with Crippen LogP contribution >= 0.6 is 0 Å². The normalized spacial score (nSPS) is 22.7. The van der Waals surface area contributed by atoms with Crippen molar-refractivity contribution in [3.05, 3.63) is 35.6 Å². The van der Waals surface area contributed by atoms with Crippen molar-refractivity contribution in [2.45, 2.75) is 50.5 Å². The van der Waals surface area contributed by atoms with Crippen molar-refractivity contribution < 1.29 is 19.0 Å². The van der Waals surface area contributed by atoms with Gasteiger partial charge in [-0.2, -0.15) is 0 Å². The van der Waals surface area contributed by atoms with E-state index >= 15 is 0 Å². The molecule has 1 aliphatic heterocycles. The van der Waals surface area contributed by atoms with Gasteiger partial charge in [0.2, 0.25) is 0 Å². The first-order valence-electron chi connectivity index (χ1n) is 8.56. The number of benzene rings is 1. The average molecular weight is 323 g/mol. The number of halogens is 1. The topological polar surface area (TPSA) is 41.9 Å². The van der Waals surface area contributed by atoms with Gasteiger partial charge in [0.25, 0.3) is 0 Å². The number of aliphatic hydroxyl groups is 1. The summed E-state index contributed by atoms with van der Waals surface area (Å²) in [6, 6.07) is 7.19. The Hall–Kier alpha value is -1.01. The number of hydrogen-bond donors (Lipinski definition) is 1. The van der Waals surface area contributed by atoms with Gasteiger partial charge in [0.15, 0.2) is 0 Å². The molecule has 0 aromatic heterocycles. The summed E-state index contributed by atoms with van der Waals surface area (Å²) in [5, 5.41) is 10.2. The van der Waals surface area contributed by atoms with Crippen molar-refractivity contribution in [2.75, 3.05) is 26.4 Å². The van der Waals surface area contributed by atoms with Gasteiger partial charge >= 0.3 is 0 Å². The molecule has 0 radical (unpaired) electrons. The molecular weight excluding hydrogens is 297 g/mol. The Labute approximate surface area is 137 Å². The Morgan fingerprint density at radius 2 is 2.22 bits per heavy atom. The monoisotopic (exact) mass is 323 g/mol. The molecule has 2 aliphatic rings. The molecule has 1 saturated heterocycles. The van der Waals surface area contributed by atoms with Crippen LogP contribution in [-0.4, -0.2) is 54.6 Å². The van der Waals surface area contributed by atoms with Crippen LogP contribution < -0.4 is 0 Å². The molecule has 23 heavy (non-hydrogen) atoms. The quantitative estimate of drug-likeness (QED) is 0.757. The zero-order chi connectivity index (χ0) is 16.1. The molecule has 1 N–H and O–H groups in total. The second kappa shape index (κ2) is 8.20. The van der Waals surface area contributed by atoms with Crippen molar-refractivity contribution in [1.82, 2.24) is 4.90 Å². The van der Waals surface area contributed by atoms with Crippen LogP contribution in [-0.2, 0) is 16.0 Å². The summed E-state index contributed by atoms with van der Waals surface area (Å²) in [5.74, 6) is -0.210. The van der Waals surface area contributed by atoms with Crippen LogP contribution in [0.1, 0.15) is 31.2 Å². The first-order valence-corrected chi connectivity index (χ1v) is 8.56. The fourth-order valence-corrected chi connectivity index (χ4v) is 3.09. The van der Waals surface area contributed by atoms with Crippen LogP contribution in [0.15, 0.2) is 24.3 Å². The summed E-state index contributed by atoms with van der Waals surface area (Å²) in [6.07, 6.45) is 4.11. The molecule has 4 nitrogen and oxygen atoms in total. The minimum atomic E-state index is -0.523. The Kier molecular flexibility index (Phi) is 6.00. The maximum absolute atomic E-state index is 13.3. The van der Waals surface area contributed by atoms with Crippen molar-refractivity contribution in [3.8, 4) is 0 Å². The molecule has 0 amide bonds. The van der Waals surface area contributed by atoms with E-state index in [1.807, 2.05) is 6.07 Å². The van der Waals surface area contributed by atoms with Gasteiger partial charge in [-0.1, -0.05) is 12.1 Å². The smallest absolute Gasteiger partial charge is 0.123 e. The van der Waals surface area contributed by atoms with Crippen LogP contribution in [0.3, 0.4) is 0 Å². The molecule has 3 rings (SSSR count). The van der Waals surface area contributed by atoms with Gasteiger partial charge < -0.3 is 14.6 Å². The third-order valence-corrected chi connectivity index (χ3v) is 4.42. The van der Waals surface area contributed by atoms with E-state index in [0.717, 1.165) is 37.9 Å². The lowest BCUT2D eigenvalue weighted by Gasteiger charge is -2.25. The van der Waals surface area contributed by atoms with Gasteiger partial charge in [0, 0.05) is 25.7 Å². The molecule has 128 valence electrons. The minimum Gasteiger partial charge on any atom is -0.389 e. The first kappa shape index (κ1) is 16.8. The summed E-state index contributed by atoms with van der Waals surface area (Å²) in [5.41, 5.74) is 0.948. The van der Waals surface area contributed by atoms with E-state index in [1.165, 1.54) is 6.07 Å². The van der Waals surface area contributed by atoms with Gasteiger partial charge in [-0.15, -0.1) is 0 Å². The highest BCUT2D eigenvalue weighted by atomic mass is 19.1. The summed E-state index contributed by atoms with van der Waals surface area (Å²) >= 11 is 0. The summed E-state index contributed by atoms with van der Waals surface area (Å²) in [4.78, 5) is 2.23. The van der Waals surface area contributed by atoms with Crippen molar-refractivity contribution in [3.63, 3.8) is 0 Å². The van der Waals surface area contributed by atoms with E-state index in [4.69, 9.17) is 9.47 Å². The molecule has 2 unspecified atom stereocenters. The molecule has 2 atom stereocenters. The van der Waals surface area contributed by atoms with Crippen LogP contribution in [0, 0.1) is 5.82 Å². The number of nitrogens with zero attached hydrogens (tertiary/aromatic N) is 1. The van der Waals surface area contributed by atoms with Gasteiger partial charge in [-0.3, -0.25) is 4.90 Å². The molecule has 1 heterocycles. The zero-order valence-corrected chi connectivity index (χ0v) is 13.5. The number of aliphatic hydroxyl groups excluding tert-OH is 1. The molecule has 0 bridgehead atoms. The van der Waals surface area contributed by atoms with Crippen LogP contribution in [0.5, 0.6) is 0 Å². The Bertz CT molecular complexity index is 489. The largest absolute Gasteiger partial charge is 0.389 e. The highest BCUT2D eigenvalue weighted by Crippen LogP contribution is 2.28. The molecule has 1 saturated carbocycles. The average Bonchev–Trinajstić information content (AvgIpc) is 3.24. The third-order valence-electron chi connectivity index (χ3n) is 4.42. The SMILES string of the molecule is OC(COCC1CCCO1)CN(Cc1cccc(F)c1)C1CC1. The lowest BCUT2D eigenvalue weighted by molar-refractivity contribution is -0.0265. The van der Waals surface area contributed by atoms with Crippen LogP contribution in [0.4, 0.5) is 4.39 Å². The maximum Gasteiger partial charge on any atom is 0.123 e. The van der Waals surface area contributed by atoms with Gasteiger partial charge in [-0.05, 0) is 43.4 Å². The van der Waals surface area contributed by atoms with Gasteiger partial charge in [-0.25, -0.2) is 4.39 Å². The summed E-state index contributed by atoms with van der Waals surface area (Å²) in [6.45, 7) is 2.94. The fourth-order valence-electron chi connectivity index (χ4n) is 3.09. The Morgan fingerprint density at radius 1 is 1.35 bits per heavy atom. The molecule has 1 aromatic rings. The van der Waals surface area contributed by atoms with Crippen molar-refractivity contribution in [1.29, 1.82) is 0 Å². The summed E-state index contributed by atoms with van der Waals surface area (Å²) in [7, 11) is 0. The van der Waals surface area contributed by atoms with E-state index in [9.17, 15) is 9.50 Å². The van der Waals surface area contributed by atoms with Crippen molar-refractivity contribution in [2.24, 2.45) is 0 Å². The van der Waals surface area contributed by atoms with E-state index in [-0.39, 0.29) is 11.9 Å². The minimum absolute atomic E-state index is 0.189. The fraction of sp³-hybridized carbons (Fsp3) is 0.667. The number of hydrogen-bond acceptors (Lipinski definition) is 4. The zero-order valence-electron chi connectivity index (χ0n) is 13.5. The number of ether oxygens (including phenoxy) is 2. The van der Waals surface area contributed by atoms with Gasteiger partial charge in [0.1, 0.15) is 5.82 Å². The van der Waals surface area contributed by atoms with E-state index in [1.54, 1.807) is 12.1 Å². The first-order chi connectivity index (χ1) is 11.2. The number of rotatable bonds is 9. The molecule has 0 spiro atoms. The van der Waals surface area contributed by atoms with Gasteiger partial charge in [0.05, 0.1) is 25.4 Å². The third kappa shape index (κ3) is 5.53.